The number of carboxylic acid groups (broad SMARTS) is 1. The first kappa shape index (κ1) is 74.5. The third-order valence-corrected chi connectivity index (χ3v) is 23.6. The largest absolute Gasteiger partial charge is 0.504 e. The molecule has 0 aliphatic heterocycles. The van der Waals surface area contributed by atoms with Gasteiger partial charge in [0.1, 0.15) is 0 Å². The first-order valence-corrected chi connectivity index (χ1v) is 49.4. The molecule has 0 saturated heterocycles. The molecule has 0 spiro atoms. The van der Waals surface area contributed by atoms with Gasteiger partial charge in [-0.15, -0.1) is 24.0 Å². The van der Waals surface area contributed by atoms with Crippen LogP contribution < -0.4 is 13.3 Å². The van der Waals surface area contributed by atoms with Crippen LogP contribution in [0.3, 0.4) is 0 Å². The molecule has 2 aromatic carbocycles. The van der Waals surface area contributed by atoms with Crippen LogP contribution in [0.2, 0.25) is 0 Å². The SMILES string of the molecule is C[C@H](CCC(=O)O)[C@H]1CC[C@H]2[C@@H]3[C@@H](O)C[C@@H]4C[C@H](O)CC[C@]4(C)[C@H]3CC[C@]12C.C[C@H](CCC(=O)OCCc1ccc(O)c(O)c1)[C@H]1CC[C@H]2[C@@H]3[C@@H](O)C[C@@H]4C[C@H](O)CC[C@]4(C)[C@H]3CC[C@]12C.I.II.I[I-]I.OCCc1ccc(O)c(O)c1. The zero-order valence-electron chi connectivity index (χ0n) is 49.7. The fraction of sp³-hybridized carbons (Fsp3) is 0.781. The van der Waals surface area contributed by atoms with Crippen molar-refractivity contribution in [3.63, 3.8) is 0 Å². The minimum atomic E-state index is -0.684. The smallest absolute Gasteiger partial charge is 0.157 e. The average molecular weight is 1840 g/mol. The van der Waals surface area contributed by atoms with Crippen LogP contribution in [0.25, 0.3) is 0 Å². The maximum Gasteiger partial charge on any atom is 0.157 e. The number of aliphatic hydroxyl groups is 5. The second kappa shape index (κ2) is 33.4. The van der Waals surface area contributed by atoms with E-state index in [1.807, 2.05) is 0 Å². The van der Waals surface area contributed by atoms with Crippen LogP contribution in [-0.4, -0.2) is 101 Å². The van der Waals surface area contributed by atoms with Gasteiger partial charge in [0.2, 0.25) is 0 Å². The monoisotopic (exact) mass is 1840 g/mol. The predicted molar refractivity (Wildman–Crippen MR) is 366 cm³/mol. The number of aliphatic carboxylic acids is 1. The van der Waals surface area contributed by atoms with Gasteiger partial charge in [0.15, 0.2) is 23.0 Å². The van der Waals surface area contributed by atoms with E-state index in [9.17, 15) is 40.2 Å². The molecule has 476 valence electrons. The maximum absolute atomic E-state index is 12.5. The Labute approximate surface area is 566 Å². The van der Waals surface area contributed by atoms with Crippen molar-refractivity contribution >= 4 is 110 Å². The second-order valence-electron chi connectivity index (χ2n) is 27.5. The fourth-order valence-corrected chi connectivity index (χ4v) is 19.4. The van der Waals surface area contributed by atoms with Gasteiger partial charge < -0.3 is 55.8 Å². The molecule has 10 rings (SSSR count). The Hall–Kier alpha value is 0.760. The van der Waals surface area contributed by atoms with Crippen LogP contribution in [0.1, 0.15) is 181 Å². The quantitative estimate of drug-likeness (QED) is 0.0510. The third kappa shape index (κ3) is 17.5. The Morgan fingerprint density at radius 1 is 0.578 bits per heavy atom. The van der Waals surface area contributed by atoms with E-state index < -0.39 is 5.97 Å². The van der Waals surface area contributed by atoms with Gasteiger partial charge in [-0.25, -0.2) is 0 Å². The molecule has 10 N–H and O–H groups in total. The number of rotatable bonds is 13. The van der Waals surface area contributed by atoms with Crippen LogP contribution in [0, 0.1) is 92.7 Å². The fourth-order valence-electron chi connectivity index (χ4n) is 19.4. The number of benzene rings is 2. The summed E-state index contributed by atoms with van der Waals surface area (Å²) in [6.07, 6.45) is 19.4. The van der Waals surface area contributed by atoms with E-state index in [4.69, 9.17) is 25.2 Å². The van der Waals surface area contributed by atoms with E-state index in [-0.39, 0.29) is 119 Å². The Kier molecular flexibility index (Phi) is 29.9. The summed E-state index contributed by atoms with van der Waals surface area (Å²) in [5, 5.41) is 97.8. The maximum atomic E-state index is 12.5. The van der Waals surface area contributed by atoms with Crippen molar-refractivity contribution in [2.75, 3.05) is 13.2 Å². The molecular weight excluding hydrogens is 1740 g/mol. The zero-order valence-corrected chi connectivity index (χ0v) is 62.8. The van der Waals surface area contributed by atoms with E-state index >= 15 is 0 Å². The Morgan fingerprint density at radius 3 is 1.36 bits per heavy atom. The second-order valence-corrected chi connectivity index (χ2v) is 43.7. The van der Waals surface area contributed by atoms with E-state index in [1.165, 1.54) is 75.6 Å². The van der Waals surface area contributed by atoms with Gasteiger partial charge in [-0.05, 0) is 250 Å². The summed E-state index contributed by atoms with van der Waals surface area (Å²) in [6, 6.07) is 9.16. The first-order chi connectivity index (χ1) is 38.8. The molecule has 0 radical (unpaired) electrons. The molecule has 0 bridgehead atoms. The number of aliphatic hydroxyl groups excluding tert-OH is 5. The van der Waals surface area contributed by atoms with Gasteiger partial charge in [-0.3, -0.25) is 9.59 Å². The van der Waals surface area contributed by atoms with Gasteiger partial charge in [0.05, 0.1) is 31.0 Å². The summed E-state index contributed by atoms with van der Waals surface area (Å²) in [6.45, 7) is 14.7. The molecule has 0 heterocycles. The van der Waals surface area contributed by atoms with Crippen LogP contribution in [0.5, 0.6) is 23.0 Å². The summed E-state index contributed by atoms with van der Waals surface area (Å²) >= 11 is 9.54. The molecule has 8 aliphatic carbocycles. The number of carboxylic acids is 1. The topological polar surface area (TPSA) is 246 Å². The molecule has 20 atom stereocenters. The number of phenols is 4. The molecule has 83 heavy (non-hydrogen) atoms. The third-order valence-electron chi connectivity index (χ3n) is 23.6. The number of halogens is 6. The minimum absolute atomic E-state index is 0. The number of esters is 1. The van der Waals surface area contributed by atoms with E-state index in [0.717, 1.165) is 75.3 Å². The molecule has 8 aliphatic rings. The number of carbonyl (C=O) groups excluding carboxylic acids is 1. The normalized spacial score (nSPS) is 37.9. The molecular formula is C64H99I6O13-. The zero-order chi connectivity index (χ0) is 60.5. The van der Waals surface area contributed by atoms with Gasteiger partial charge in [0, 0.05) is 63.1 Å². The molecule has 2 aromatic rings. The molecule has 13 nitrogen and oxygen atoms in total. The van der Waals surface area contributed by atoms with Crippen molar-refractivity contribution in [3.05, 3.63) is 47.5 Å². The summed E-state index contributed by atoms with van der Waals surface area (Å²) in [5.74, 6) is 4.49. The van der Waals surface area contributed by atoms with Crippen molar-refractivity contribution in [2.45, 2.75) is 207 Å². The minimum Gasteiger partial charge on any atom is -0.504 e. The Balaban J connectivity index is 0.000000245. The molecule has 8 saturated carbocycles. The number of fused-ring (bicyclic) bond motifs is 10. The summed E-state index contributed by atoms with van der Waals surface area (Å²) < 4.78 is 5.48. The number of phenolic OH excluding ortho intramolecular Hbond substituents is 4. The number of aromatic hydroxyl groups is 4. The molecule has 0 aromatic heterocycles. The van der Waals surface area contributed by atoms with E-state index in [2.05, 4.69) is 116 Å². The van der Waals surface area contributed by atoms with Crippen molar-refractivity contribution in [3.8, 4) is 23.0 Å². The summed E-state index contributed by atoms with van der Waals surface area (Å²) in [4.78, 5) is 23.6. The summed E-state index contributed by atoms with van der Waals surface area (Å²) in [5.41, 5.74) is 2.61. The van der Waals surface area contributed by atoms with Gasteiger partial charge >= 0.3 is 62.4 Å². The van der Waals surface area contributed by atoms with E-state index in [1.54, 1.807) is 12.1 Å². The van der Waals surface area contributed by atoms with Crippen molar-refractivity contribution in [1.29, 1.82) is 0 Å². The average Bonchev–Trinajstić information content (AvgIpc) is 1.86. The van der Waals surface area contributed by atoms with Crippen molar-refractivity contribution in [1.82, 2.24) is 0 Å². The van der Waals surface area contributed by atoms with Crippen LogP contribution in [0.15, 0.2) is 36.4 Å². The predicted octanol–water partition coefficient (Wildman–Crippen LogP) is 11.9. The standard InChI is InChI=1S/C32H48O6.C24H40O4.C8H10O3.I3.I2.HI/c1-19(4-9-29(37)38-15-12-20-5-8-26(34)27(35)16-20)23-6-7-24-30-25(11-14-32(23,24)3)31(2)13-10-22(33)17-21(31)18-28(30)36;1-14(4-7-21(27)28)17-5-6-18-22-19(9-11-24(17,18)3)23(2)10-8-16(25)12-15(23)13-20(22)26;9-4-3-6-1-2-7(10)8(11)5-6;1-3-2;1-2;/h5,8,16,19,21-25,28,30,33-36H,4,6-7,9-15,17-18H2,1-3H3;14-20,22,25-26H,4-13H2,1-3H3,(H,27,28);1-2,5,9-11H,3-4H2;;;1H/q;;;-1;;/t19-,21+,22-,23-,24+,25+,28+,30+,31+,32-;14-,15+,16-,17-,18+,19+,20+,22+,23+,24-;;;;/m11..../s1. The number of carbonyl (C=O) groups is 2. The number of ether oxygens (including phenoxy) is 1. The van der Waals surface area contributed by atoms with E-state index in [0.29, 0.717) is 104 Å². The van der Waals surface area contributed by atoms with Gasteiger partial charge in [0.25, 0.3) is 0 Å². The number of hydrogen-bond acceptors (Lipinski definition) is 12. The Bertz CT molecular complexity index is 2370. The number of hydrogen-bond donors (Lipinski definition) is 10. The van der Waals surface area contributed by atoms with Crippen molar-refractivity contribution in [2.24, 2.45) is 92.7 Å². The molecule has 0 unspecified atom stereocenters. The van der Waals surface area contributed by atoms with Gasteiger partial charge in [-0.1, -0.05) is 53.7 Å². The molecule has 19 heteroatoms. The van der Waals surface area contributed by atoms with Crippen LogP contribution in [-0.2, 0) is 27.2 Å². The Morgan fingerprint density at radius 2 is 0.964 bits per heavy atom. The molecule has 0 amide bonds. The van der Waals surface area contributed by atoms with Crippen LogP contribution >= 0.6 is 98.4 Å². The van der Waals surface area contributed by atoms with Gasteiger partial charge in [-0.2, -0.15) is 0 Å². The van der Waals surface area contributed by atoms with Crippen molar-refractivity contribution < 1.29 is 78.6 Å². The molecule has 8 fully saturated rings. The van der Waals surface area contributed by atoms with Crippen LogP contribution in [0.4, 0.5) is 0 Å². The summed E-state index contributed by atoms with van der Waals surface area (Å²) in [7, 11) is 0. The first-order valence-electron chi connectivity index (χ1n) is 30.6.